The Morgan fingerprint density at radius 1 is 1.00 bits per heavy atom. The van der Waals surface area contributed by atoms with Gasteiger partial charge >= 0.3 is 6.09 Å². The highest BCUT2D eigenvalue weighted by atomic mass is 19.1. The molecule has 1 aliphatic rings. The fourth-order valence-corrected chi connectivity index (χ4v) is 3.91. The molecule has 0 saturated carbocycles. The second-order valence-corrected chi connectivity index (χ2v) is 9.28. The molecule has 0 atom stereocenters. The Morgan fingerprint density at radius 3 is 2.31 bits per heavy atom. The molecule has 1 saturated heterocycles. The SMILES string of the molecule is CCc1cc(CN2CCN(C(=O)OC(C)(C)C)CC2)ccc1CC(=O)c1ccccc1F. The topological polar surface area (TPSA) is 49.9 Å². The number of carbonyl (C=O) groups excluding carboxylic acids is 2. The Labute approximate surface area is 190 Å². The number of hydrogen-bond donors (Lipinski definition) is 0. The standard InChI is InChI=1S/C26H33FN2O3/c1-5-20-16-19(10-11-21(20)17-24(30)22-8-6-7-9-23(22)27)18-28-12-14-29(15-13-28)25(31)32-26(2,3)4/h6-11,16H,5,12-15,17-18H2,1-4H3. The quantitative estimate of drug-likeness (QED) is 0.602. The lowest BCUT2D eigenvalue weighted by atomic mass is 9.95. The van der Waals surface area contributed by atoms with Crippen molar-refractivity contribution in [1.29, 1.82) is 0 Å². The summed E-state index contributed by atoms with van der Waals surface area (Å²) in [5.41, 5.74) is 2.88. The maximum atomic E-state index is 13.9. The molecule has 0 aromatic heterocycles. The van der Waals surface area contributed by atoms with Gasteiger partial charge in [0.05, 0.1) is 5.56 Å². The zero-order valence-electron chi connectivity index (χ0n) is 19.5. The predicted molar refractivity (Wildman–Crippen MR) is 123 cm³/mol. The molecule has 2 aromatic rings. The predicted octanol–water partition coefficient (Wildman–Crippen LogP) is 4.87. The van der Waals surface area contributed by atoms with Crippen LogP contribution in [0.2, 0.25) is 0 Å². The van der Waals surface area contributed by atoms with Crippen LogP contribution in [0, 0.1) is 5.82 Å². The minimum absolute atomic E-state index is 0.140. The van der Waals surface area contributed by atoms with Crippen molar-refractivity contribution in [2.75, 3.05) is 26.2 Å². The fraction of sp³-hybridized carbons (Fsp3) is 0.462. The van der Waals surface area contributed by atoms with Gasteiger partial charge in [-0.15, -0.1) is 0 Å². The van der Waals surface area contributed by atoms with Crippen molar-refractivity contribution in [3.05, 3.63) is 70.5 Å². The number of halogens is 1. The van der Waals surface area contributed by atoms with Crippen molar-refractivity contribution in [2.45, 2.75) is 52.7 Å². The molecule has 0 bridgehead atoms. The van der Waals surface area contributed by atoms with E-state index >= 15 is 0 Å². The van der Waals surface area contributed by atoms with E-state index in [0.717, 1.165) is 37.2 Å². The van der Waals surface area contributed by atoms with Gasteiger partial charge in [-0.3, -0.25) is 9.69 Å². The van der Waals surface area contributed by atoms with Gasteiger partial charge in [0.2, 0.25) is 0 Å². The second-order valence-electron chi connectivity index (χ2n) is 9.28. The van der Waals surface area contributed by atoms with E-state index in [1.165, 1.54) is 17.7 Å². The Balaban J connectivity index is 1.59. The summed E-state index contributed by atoms with van der Waals surface area (Å²) >= 11 is 0. The van der Waals surface area contributed by atoms with Crippen LogP contribution in [0.4, 0.5) is 9.18 Å². The van der Waals surface area contributed by atoms with Gasteiger partial charge in [0, 0.05) is 39.1 Å². The van der Waals surface area contributed by atoms with Crippen LogP contribution in [-0.4, -0.2) is 53.5 Å². The highest BCUT2D eigenvalue weighted by Crippen LogP contribution is 2.19. The molecule has 3 rings (SSSR count). The Morgan fingerprint density at radius 2 is 1.69 bits per heavy atom. The molecule has 6 heteroatoms. The molecule has 0 spiro atoms. The normalized spacial score (nSPS) is 15.0. The van der Waals surface area contributed by atoms with Gasteiger partial charge < -0.3 is 9.64 Å². The monoisotopic (exact) mass is 440 g/mol. The number of rotatable bonds is 6. The summed E-state index contributed by atoms with van der Waals surface area (Å²) in [6, 6.07) is 12.3. The van der Waals surface area contributed by atoms with Crippen molar-refractivity contribution < 1.29 is 18.7 Å². The van der Waals surface area contributed by atoms with Gasteiger partial charge in [-0.25, -0.2) is 9.18 Å². The maximum absolute atomic E-state index is 13.9. The molecule has 5 nitrogen and oxygen atoms in total. The zero-order valence-corrected chi connectivity index (χ0v) is 19.5. The molecular formula is C26H33FN2O3. The molecule has 0 radical (unpaired) electrons. The fourth-order valence-electron chi connectivity index (χ4n) is 3.91. The summed E-state index contributed by atoms with van der Waals surface area (Å²) in [5.74, 6) is -0.679. The number of Topliss-reactive ketones (excluding diaryl/α,β-unsaturated/α-hetero) is 1. The summed E-state index contributed by atoms with van der Waals surface area (Å²) in [6.07, 6.45) is 0.744. The molecule has 1 amide bonds. The van der Waals surface area contributed by atoms with Gasteiger partial charge in [-0.1, -0.05) is 37.3 Å². The molecule has 1 fully saturated rings. The molecule has 1 heterocycles. The molecule has 2 aromatic carbocycles. The van der Waals surface area contributed by atoms with Crippen LogP contribution < -0.4 is 0 Å². The molecule has 0 aliphatic carbocycles. The lowest BCUT2D eigenvalue weighted by molar-refractivity contribution is 0.0139. The number of ketones is 1. The Bertz CT molecular complexity index is 960. The zero-order chi connectivity index (χ0) is 23.3. The third kappa shape index (κ3) is 6.39. The number of benzene rings is 2. The van der Waals surface area contributed by atoms with Crippen molar-refractivity contribution in [3.8, 4) is 0 Å². The number of carbonyl (C=O) groups is 2. The van der Waals surface area contributed by atoms with Crippen molar-refractivity contribution in [2.24, 2.45) is 0 Å². The number of nitrogens with zero attached hydrogens (tertiary/aromatic N) is 2. The average Bonchev–Trinajstić information content (AvgIpc) is 2.74. The van der Waals surface area contributed by atoms with Crippen molar-refractivity contribution >= 4 is 11.9 Å². The van der Waals surface area contributed by atoms with Crippen LogP contribution in [0.5, 0.6) is 0 Å². The summed E-state index contributed by atoms with van der Waals surface area (Å²) < 4.78 is 19.4. The number of ether oxygens (including phenoxy) is 1. The van der Waals surface area contributed by atoms with Gasteiger partial charge in [-0.05, 0) is 56.0 Å². The van der Waals surface area contributed by atoms with Crippen molar-refractivity contribution in [3.63, 3.8) is 0 Å². The largest absolute Gasteiger partial charge is 0.444 e. The first-order valence-corrected chi connectivity index (χ1v) is 11.2. The van der Waals surface area contributed by atoms with Crippen molar-refractivity contribution in [1.82, 2.24) is 9.80 Å². The van der Waals surface area contributed by atoms with E-state index in [9.17, 15) is 14.0 Å². The van der Waals surface area contributed by atoms with E-state index in [1.807, 2.05) is 32.9 Å². The van der Waals surface area contributed by atoms with E-state index in [4.69, 9.17) is 4.74 Å². The summed E-state index contributed by atoms with van der Waals surface area (Å²) in [4.78, 5) is 28.9. The Kier molecular flexibility index (Phi) is 7.67. The number of hydrogen-bond acceptors (Lipinski definition) is 4. The van der Waals surface area contributed by atoms with E-state index in [1.54, 1.807) is 17.0 Å². The molecule has 32 heavy (non-hydrogen) atoms. The smallest absolute Gasteiger partial charge is 0.410 e. The maximum Gasteiger partial charge on any atom is 0.410 e. The summed E-state index contributed by atoms with van der Waals surface area (Å²) in [5, 5.41) is 0. The first kappa shape index (κ1) is 23.9. The summed E-state index contributed by atoms with van der Waals surface area (Å²) in [6.45, 7) is 11.3. The van der Waals surface area contributed by atoms with Crippen LogP contribution in [-0.2, 0) is 24.1 Å². The van der Waals surface area contributed by atoms with Crippen LogP contribution >= 0.6 is 0 Å². The molecule has 0 unspecified atom stereocenters. The second kappa shape index (κ2) is 10.3. The van der Waals surface area contributed by atoms with Gasteiger partial charge in [0.25, 0.3) is 0 Å². The molecule has 1 aliphatic heterocycles. The van der Waals surface area contributed by atoms with E-state index in [2.05, 4.69) is 17.9 Å². The van der Waals surface area contributed by atoms with E-state index in [0.29, 0.717) is 13.1 Å². The van der Waals surface area contributed by atoms with E-state index < -0.39 is 11.4 Å². The number of piperazine rings is 1. The van der Waals surface area contributed by atoms with Crippen LogP contribution in [0.3, 0.4) is 0 Å². The average molecular weight is 441 g/mol. The van der Waals surface area contributed by atoms with Gasteiger partial charge in [-0.2, -0.15) is 0 Å². The minimum Gasteiger partial charge on any atom is -0.444 e. The highest BCUT2D eigenvalue weighted by molar-refractivity contribution is 5.97. The third-order valence-electron chi connectivity index (χ3n) is 5.61. The van der Waals surface area contributed by atoms with Crippen LogP contribution in [0.15, 0.2) is 42.5 Å². The van der Waals surface area contributed by atoms with Crippen LogP contribution in [0.1, 0.15) is 54.7 Å². The molecule has 0 N–H and O–H groups in total. The number of amides is 1. The minimum atomic E-state index is -0.486. The lowest BCUT2D eigenvalue weighted by Crippen LogP contribution is -2.49. The van der Waals surface area contributed by atoms with E-state index in [-0.39, 0.29) is 23.9 Å². The highest BCUT2D eigenvalue weighted by Gasteiger charge is 2.26. The molecular weight excluding hydrogens is 407 g/mol. The van der Waals surface area contributed by atoms with Gasteiger partial charge in [0.15, 0.2) is 5.78 Å². The molecule has 172 valence electrons. The number of aryl methyl sites for hydroxylation is 1. The first-order valence-electron chi connectivity index (χ1n) is 11.2. The van der Waals surface area contributed by atoms with Crippen LogP contribution in [0.25, 0.3) is 0 Å². The lowest BCUT2D eigenvalue weighted by Gasteiger charge is -2.35. The third-order valence-corrected chi connectivity index (χ3v) is 5.61. The summed E-state index contributed by atoms with van der Waals surface area (Å²) in [7, 11) is 0. The van der Waals surface area contributed by atoms with Gasteiger partial charge in [0.1, 0.15) is 11.4 Å². The first-order chi connectivity index (χ1) is 15.2. The Hall–Kier alpha value is -2.73.